The first-order chi connectivity index (χ1) is 8.25. The van der Waals surface area contributed by atoms with Crippen molar-refractivity contribution in [1.82, 2.24) is 0 Å². The lowest BCUT2D eigenvalue weighted by atomic mass is 10.1. The maximum Gasteiger partial charge on any atom is 0.197 e. The second kappa shape index (κ2) is 5.72. The molecule has 98 valence electrons. The summed E-state index contributed by atoms with van der Waals surface area (Å²) >= 11 is 10.6. The van der Waals surface area contributed by atoms with Crippen LogP contribution in [0.1, 0.15) is 26.7 Å². The third kappa shape index (κ3) is 2.49. The number of halogens is 1. The molecule has 0 aromatic carbocycles. The van der Waals surface area contributed by atoms with Crippen LogP contribution in [0.5, 0.6) is 0 Å². The van der Waals surface area contributed by atoms with Gasteiger partial charge in [0.05, 0.1) is 13.7 Å². The number of fused-ring (bicyclic) bond motifs is 1. The molecule has 1 aliphatic rings. The lowest BCUT2D eigenvalue weighted by molar-refractivity contribution is 0.513. The Morgan fingerprint density at radius 3 is 2.72 bits per heavy atom. The second-order valence-corrected chi connectivity index (χ2v) is 6.41. The van der Waals surface area contributed by atoms with Crippen molar-refractivity contribution < 1.29 is 4.42 Å². The molecule has 0 unspecified atom stereocenters. The maximum absolute atomic E-state index is 5.98. The molecule has 1 saturated heterocycles. The van der Waals surface area contributed by atoms with Crippen LogP contribution in [0, 0.1) is 4.51 Å². The first-order valence-electron chi connectivity index (χ1n) is 5.71. The van der Waals surface area contributed by atoms with Gasteiger partial charge in [-0.1, -0.05) is 19.6 Å². The highest BCUT2D eigenvalue weighted by atomic mass is 79.9. The molecule has 0 atom stereocenters. The zero-order valence-electron chi connectivity index (χ0n) is 9.24. The predicted octanol–water partition coefficient (Wildman–Crippen LogP) is 5.61. The fourth-order valence-corrected chi connectivity index (χ4v) is 3.96. The summed E-state index contributed by atoms with van der Waals surface area (Å²) < 4.78 is 8.93. The number of hydrogen-bond donors (Lipinski definition) is 0. The summed E-state index contributed by atoms with van der Waals surface area (Å²) in [6.07, 6.45) is 3.80. The van der Waals surface area contributed by atoms with Crippen molar-refractivity contribution in [1.29, 1.82) is 0 Å². The van der Waals surface area contributed by atoms with Crippen LogP contribution in [-0.2, 0) is 0 Å². The van der Waals surface area contributed by atoms with Gasteiger partial charge in [0.1, 0.15) is 0 Å². The van der Waals surface area contributed by atoms with E-state index >= 15 is 0 Å². The van der Waals surface area contributed by atoms with Crippen LogP contribution in [0.4, 0.5) is 5.88 Å². The molecule has 0 amide bonds. The van der Waals surface area contributed by atoms with E-state index in [2.05, 4.69) is 20.8 Å². The smallest absolute Gasteiger partial charge is 0.197 e. The molecule has 3 heterocycles. The molecule has 1 fully saturated rings. The van der Waals surface area contributed by atoms with Crippen LogP contribution in [0.15, 0.2) is 20.3 Å². The van der Waals surface area contributed by atoms with Gasteiger partial charge in [-0.2, -0.15) is 0 Å². The molecule has 18 heavy (non-hydrogen) atoms. The Kier molecular flexibility index (Phi) is 4.45. The Hall–Kier alpha value is -0.390. The molecule has 2 aromatic rings. The average Bonchev–Trinajstić information content (AvgIpc) is 2.73. The Morgan fingerprint density at radius 2 is 2.00 bits per heavy atom. The van der Waals surface area contributed by atoms with Crippen molar-refractivity contribution >= 4 is 55.7 Å². The van der Waals surface area contributed by atoms with Gasteiger partial charge in [0.2, 0.25) is 0 Å². The Balaban J connectivity index is 0.00000120. The first-order valence-corrected chi connectivity index (χ1v) is 7.79. The minimum Gasteiger partial charge on any atom is -0.438 e. The predicted molar refractivity (Wildman–Crippen MR) is 85.4 cm³/mol. The quantitative estimate of drug-likeness (QED) is 0.624. The number of piperidine rings is 1. The molecular weight excluding hydrogens is 330 g/mol. The lowest BCUT2D eigenvalue weighted by Gasteiger charge is -2.27. The van der Waals surface area contributed by atoms with E-state index in [1.165, 1.54) is 19.3 Å². The van der Waals surface area contributed by atoms with Crippen molar-refractivity contribution in [3.63, 3.8) is 0 Å². The summed E-state index contributed by atoms with van der Waals surface area (Å²) in [6, 6.07) is 1.99. The monoisotopic (exact) mass is 345 g/mol. The van der Waals surface area contributed by atoms with E-state index in [-0.39, 0.29) is 7.43 Å². The van der Waals surface area contributed by atoms with Crippen molar-refractivity contribution in [3.8, 4) is 0 Å². The van der Waals surface area contributed by atoms with Crippen molar-refractivity contribution in [3.05, 3.63) is 20.4 Å². The SMILES string of the molecule is C.S=c1cc(N2CCCCC2)oc2c(Br)csc12. The fourth-order valence-electron chi connectivity index (χ4n) is 2.17. The number of hydrogen-bond acceptors (Lipinski definition) is 4. The van der Waals surface area contributed by atoms with E-state index < -0.39 is 0 Å². The van der Waals surface area contributed by atoms with E-state index in [1.54, 1.807) is 11.3 Å². The third-order valence-electron chi connectivity index (χ3n) is 3.06. The van der Waals surface area contributed by atoms with Crippen molar-refractivity contribution in [2.24, 2.45) is 0 Å². The van der Waals surface area contributed by atoms with E-state index in [0.717, 1.165) is 38.2 Å². The average molecular weight is 346 g/mol. The highest BCUT2D eigenvalue weighted by molar-refractivity contribution is 9.10. The van der Waals surface area contributed by atoms with E-state index in [1.807, 2.05) is 11.4 Å². The number of anilines is 1. The number of rotatable bonds is 1. The molecule has 0 radical (unpaired) electrons. The lowest BCUT2D eigenvalue weighted by Crippen LogP contribution is -2.29. The fraction of sp³-hybridized carbons (Fsp3) is 0.462. The van der Waals surface area contributed by atoms with Crippen molar-refractivity contribution in [2.45, 2.75) is 26.7 Å². The van der Waals surface area contributed by atoms with E-state index in [9.17, 15) is 0 Å². The molecule has 2 nitrogen and oxygen atoms in total. The summed E-state index contributed by atoms with van der Waals surface area (Å²) in [5.74, 6) is 0.918. The van der Waals surface area contributed by atoms with Gasteiger partial charge in [0.15, 0.2) is 11.5 Å². The van der Waals surface area contributed by atoms with Crippen LogP contribution in [0.3, 0.4) is 0 Å². The van der Waals surface area contributed by atoms with Crippen LogP contribution < -0.4 is 4.90 Å². The molecule has 5 heteroatoms. The van der Waals surface area contributed by atoms with Gasteiger partial charge in [0.25, 0.3) is 0 Å². The van der Waals surface area contributed by atoms with Gasteiger partial charge in [-0.05, 0) is 35.2 Å². The minimum atomic E-state index is 0. The summed E-state index contributed by atoms with van der Waals surface area (Å²) in [6.45, 7) is 2.15. The summed E-state index contributed by atoms with van der Waals surface area (Å²) in [4.78, 5) is 2.29. The zero-order valence-corrected chi connectivity index (χ0v) is 12.5. The van der Waals surface area contributed by atoms with Crippen LogP contribution in [-0.4, -0.2) is 13.1 Å². The van der Waals surface area contributed by atoms with Crippen LogP contribution in [0.2, 0.25) is 0 Å². The highest BCUT2D eigenvalue weighted by Crippen LogP contribution is 2.35. The Morgan fingerprint density at radius 1 is 1.28 bits per heavy atom. The highest BCUT2D eigenvalue weighted by Gasteiger charge is 2.15. The van der Waals surface area contributed by atoms with Gasteiger partial charge in [0, 0.05) is 24.5 Å². The van der Waals surface area contributed by atoms with Gasteiger partial charge in [-0.3, -0.25) is 0 Å². The molecule has 0 aliphatic carbocycles. The van der Waals surface area contributed by atoms with Gasteiger partial charge in [-0.25, -0.2) is 0 Å². The molecular formula is C13H16BrNOS2. The van der Waals surface area contributed by atoms with Gasteiger partial charge >= 0.3 is 0 Å². The topological polar surface area (TPSA) is 16.4 Å². The molecule has 0 saturated carbocycles. The number of thiophene rings is 1. The normalized spacial score (nSPS) is 15.7. The molecule has 0 spiro atoms. The summed E-state index contributed by atoms with van der Waals surface area (Å²) in [5, 5.41) is 2.03. The van der Waals surface area contributed by atoms with Crippen LogP contribution >= 0.6 is 39.5 Å². The maximum atomic E-state index is 5.98. The molecule has 2 aromatic heterocycles. The summed E-state index contributed by atoms with van der Waals surface area (Å²) in [5.41, 5.74) is 0.892. The minimum absolute atomic E-state index is 0. The largest absolute Gasteiger partial charge is 0.438 e. The summed E-state index contributed by atoms with van der Waals surface area (Å²) in [7, 11) is 0. The zero-order chi connectivity index (χ0) is 11.8. The molecule has 0 bridgehead atoms. The van der Waals surface area contributed by atoms with Crippen LogP contribution in [0.25, 0.3) is 10.3 Å². The third-order valence-corrected chi connectivity index (χ3v) is 5.39. The molecule has 1 aliphatic heterocycles. The molecule has 0 N–H and O–H groups in total. The Bertz CT molecular complexity index is 599. The second-order valence-electron chi connectivity index (χ2n) is 4.24. The van der Waals surface area contributed by atoms with Gasteiger partial charge < -0.3 is 9.32 Å². The van der Waals surface area contributed by atoms with Crippen molar-refractivity contribution in [2.75, 3.05) is 18.0 Å². The molecule has 3 rings (SSSR count). The van der Waals surface area contributed by atoms with Gasteiger partial charge in [-0.15, -0.1) is 11.3 Å². The van der Waals surface area contributed by atoms with E-state index in [0.29, 0.717) is 0 Å². The Labute approximate surface area is 125 Å². The van der Waals surface area contributed by atoms with E-state index in [4.69, 9.17) is 16.6 Å². The standard InChI is InChI=1S/C12H12BrNOS2.CH4/c13-8-7-17-12-9(16)6-10(15-11(8)12)14-4-2-1-3-5-14;/h6-7H,1-5H2;1H4. The number of nitrogens with zero attached hydrogens (tertiary/aromatic N) is 1. The first kappa shape index (κ1) is 14.0.